The van der Waals surface area contributed by atoms with E-state index in [0.29, 0.717) is 11.3 Å². The smallest absolute Gasteiger partial charge is 0.321 e. The molecule has 26 heavy (non-hydrogen) atoms. The topological polar surface area (TPSA) is 86.0 Å². The molecule has 0 aliphatic heterocycles. The van der Waals surface area contributed by atoms with Gasteiger partial charge in [-0.2, -0.15) is 0 Å². The lowest BCUT2D eigenvalue weighted by atomic mass is 10.1. The number of rotatable bonds is 3. The van der Waals surface area contributed by atoms with E-state index in [1.807, 2.05) is 31.4 Å². The Morgan fingerprint density at radius 3 is 2.58 bits per heavy atom. The number of anilines is 1. The van der Waals surface area contributed by atoms with E-state index in [1.54, 1.807) is 18.8 Å². The van der Waals surface area contributed by atoms with Crippen LogP contribution >= 0.6 is 11.8 Å². The number of fused-ring (bicyclic) bond motifs is 1. The third-order valence-corrected chi connectivity index (χ3v) is 4.97. The number of pyridine rings is 1. The van der Waals surface area contributed by atoms with Gasteiger partial charge in [0.05, 0.1) is 17.3 Å². The van der Waals surface area contributed by atoms with Crippen LogP contribution in [0.2, 0.25) is 0 Å². The minimum atomic E-state index is -0.452. The Balaban J connectivity index is 2.04. The maximum Gasteiger partial charge on any atom is 0.332 e. The zero-order valence-corrected chi connectivity index (χ0v) is 15.7. The molecule has 0 atom stereocenters. The van der Waals surface area contributed by atoms with Crippen molar-refractivity contribution < 1.29 is 4.79 Å². The first kappa shape index (κ1) is 17.9. The summed E-state index contributed by atoms with van der Waals surface area (Å²) in [5, 5.41) is 3.04. The molecule has 0 radical (unpaired) electrons. The summed E-state index contributed by atoms with van der Waals surface area (Å²) in [5.41, 5.74) is 1.19. The van der Waals surface area contributed by atoms with Crippen LogP contribution in [0.5, 0.6) is 0 Å². The van der Waals surface area contributed by atoms with Crippen LogP contribution in [-0.4, -0.2) is 26.3 Å². The van der Waals surface area contributed by atoms with Crippen LogP contribution in [-0.2, 0) is 14.1 Å². The summed E-state index contributed by atoms with van der Waals surface area (Å²) in [6.07, 6.45) is 3.38. The van der Waals surface area contributed by atoms with Gasteiger partial charge < -0.3 is 5.32 Å². The molecule has 3 rings (SSSR count). The number of hydrogen-bond acceptors (Lipinski definition) is 5. The van der Waals surface area contributed by atoms with Crippen molar-refractivity contribution in [3.63, 3.8) is 0 Å². The predicted molar refractivity (Wildman–Crippen MR) is 103 cm³/mol. The largest absolute Gasteiger partial charge is 0.332 e. The molecule has 0 spiro atoms. The zero-order chi connectivity index (χ0) is 19.0. The van der Waals surface area contributed by atoms with Gasteiger partial charge in [0.25, 0.3) is 11.5 Å². The van der Waals surface area contributed by atoms with Crippen LogP contribution in [0.4, 0.5) is 5.69 Å². The molecule has 3 aromatic rings. The summed E-state index contributed by atoms with van der Waals surface area (Å²) >= 11 is 1.55. The predicted octanol–water partition coefficient (Wildman–Crippen LogP) is 1.91. The number of nitrogens with one attached hydrogen (secondary N) is 1. The van der Waals surface area contributed by atoms with Gasteiger partial charge in [-0.25, -0.2) is 9.78 Å². The zero-order valence-electron chi connectivity index (χ0n) is 14.9. The molecule has 8 heteroatoms. The summed E-state index contributed by atoms with van der Waals surface area (Å²) in [5.74, 6) is -0.277. The molecule has 0 bridgehead atoms. The number of aromatic nitrogens is 3. The van der Waals surface area contributed by atoms with Crippen molar-refractivity contribution in [3.05, 3.63) is 62.4 Å². The Hall–Kier alpha value is -2.87. The number of thioether (sulfide) groups is 1. The second-order valence-corrected chi connectivity index (χ2v) is 6.82. The molecule has 1 aromatic carbocycles. The third-order valence-electron chi connectivity index (χ3n) is 4.24. The Labute approximate surface area is 153 Å². The van der Waals surface area contributed by atoms with E-state index in [0.717, 1.165) is 15.0 Å². The Bertz CT molecular complexity index is 1150. The van der Waals surface area contributed by atoms with Crippen molar-refractivity contribution in [2.24, 2.45) is 14.1 Å². The van der Waals surface area contributed by atoms with Gasteiger partial charge in [0.2, 0.25) is 0 Å². The molecule has 0 saturated carbocycles. The number of nitrogens with zero attached hydrogens (tertiary/aromatic N) is 3. The lowest BCUT2D eigenvalue weighted by molar-refractivity contribution is 0.102. The van der Waals surface area contributed by atoms with Crippen LogP contribution in [0.15, 0.2) is 44.9 Å². The number of carbonyl (C=O) groups is 1. The number of hydrogen-bond donors (Lipinski definition) is 1. The average Bonchev–Trinajstić information content (AvgIpc) is 2.64. The first-order valence-electron chi connectivity index (χ1n) is 7.85. The molecule has 1 N–H and O–H groups in total. The second-order valence-electron chi connectivity index (χ2n) is 5.94. The first-order chi connectivity index (χ1) is 12.3. The van der Waals surface area contributed by atoms with Gasteiger partial charge in [0, 0.05) is 24.6 Å². The fourth-order valence-corrected chi connectivity index (χ4v) is 3.14. The highest BCUT2D eigenvalue weighted by molar-refractivity contribution is 7.98. The Kier molecular flexibility index (Phi) is 4.69. The van der Waals surface area contributed by atoms with Crippen molar-refractivity contribution >= 4 is 34.4 Å². The van der Waals surface area contributed by atoms with Crippen LogP contribution < -0.4 is 16.6 Å². The van der Waals surface area contributed by atoms with Crippen LogP contribution in [0.1, 0.15) is 15.9 Å². The molecule has 0 fully saturated rings. The number of amides is 1. The molecule has 134 valence electrons. The van der Waals surface area contributed by atoms with Gasteiger partial charge in [0.1, 0.15) is 5.65 Å². The van der Waals surface area contributed by atoms with Gasteiger partial charge in [-0.15, -0.1) is 11.8 Å². The quantitative estimate of drug-likeness (QED) is 0.712. The van der Waals surface area contributed by atoms with E-state index in [1.165, 1.54) is 23.9 Å². The molecular formula is C18H18N4O3S. The standard InChI is InChI=1S/C18H18N4O3S/c1-10-5-6-12(26-4)8-13(10)16(23)20-11-7-14-15(19-9-11)21(2)18(25)22(3)17(14)24/h5-9H,1-4H3,(H,20,23). The molecule has 2 aromatic heterocycles. The van der Waals surface area contributed by atoms with Crippen molar-refractivity contribution in [2.75, 3.05) is 11.6 Å². The van der Waals surface area contributed by atoms with Crippen molar-refractivity contribution in [1.29, 1.82) is 0 Å². The van der Waals surface area contributed by atoms with E-state index in [4.69, 9.17) is 0 Å². The minimum absolute atomic E-state index is 0.266. The van der Waals surface area contributed by atoms with Gasteiger partial charge in [-0.3, -0.25) is 18.7 Å². The summed E-state index contributed by atoms with van der Waals surface area (Å²) in [7, 11) is 2.96. The average molecular weight is 370 g/mol. The summed E-state index contributed by atoms with van der Waals surface area (Å²) in [6.45, 7) is 1.86. The molecule has 0 aliphatic carbocycles. The SMILES string of the molecule is CSc1ccc(C)c(C(=O)Nc2cnc3c(c2)c(=O)n(C)c(=O)n3C)c1. The highest BCUT2D eigenvalue weighted by Crippen LogP contribution is 2.20. The van der Waals surface area contributed by atoms with Gasteiger partial charge in [-0.1, -0.05) is 6.07 Å². The molecule has 0 unspecified atom stereocenters. The molecule has 0 saturated heterocycles. The van der Waals surface area contributed by atoms with Crippen LogP contribution in [0.3, 0.4) is 0 Å². The molecule has 2 heterocycles. The molecule has 7 nitrogen and oxygen atoms in total. The van der Waals surface area contributed by atoms with Gasteiger partial charge in [0.15, 0.2) is 0 Å². The molecule has 0 aliphatic rings. The monoisotopic (exact) mass is 370 g/mol. The van der Waals surface area contributed by atoms with Crippen molar-refractivity contribution in [1.82, 2.24) is 14.1 Å². The van der Waals surface area contributed by atoms with Gasteiger partial charge in [-0.05, 0) is 36.9 Å². The van der Waals surface area contributed by atoms with Crippen LogP contribution in [0.25, 0.3) is 11.0 Å². The Morgan fingerprint density at radius 1 is 1.15 bits per heavy atom. The fourth-order valence-electron chi connectivity index (χ4n) is 2.70. The lowest BCUT2D eigenvalue weighted by Crippen LogP contribution is -2.37. The third kappa shape index (κ3) is 3.03. The highest BCUT2D eigenvalue weighted by Gasteiger charge is 2.14. The first-order valence-corrected chi connectivity index (χ1v) is 9.07. The summed E-state index contributed by atoms with van der Waals surface area (Å²) in [4.78, 5) is 42.1. The Morgan fingerprint density at radius 2 is 1.88 bits per heavy atom. The van der Waals surface area contributed by atoms with Crippen molar-refractivity contribution in [2.45, 2.75) is 11.8 Å². The van der Waals surface area contributed by atoms with Crippen LogP contribution in [0, 0.1) is 6.92 Å². The number of carbonyl (C=O) groups excluding carboxylic acids is 1. The fraction of sp³-hybridized carbons (Fsp3) is 0.222. The molecular weight excluding hydrogens is 352 g/mol. The summed E-state index contributed by atoms with van der Waals surface area (Å²) < 4.78 is 2.32. The van der Waals surface area contributed by atoms with E-state index in [9.17, 15) is 14.4 Å². The minimum Gasteiger partial charge on any atom is -0.321 e. The normalized spacial score (nSPS) is 10.9. The van der Waals surface area contributed by atoms with E-state index >= 15 is 0 Å². The maximum atomic E-state index is 12.6. The second kappa shape index (κ2) is 6.80. The van der Waals surface area contributed by atoms with Crippen molar-refractivity contribution in [3.8, 4) is 0 Å². The number of aryl methyl sites for hydroxylation is 2. The van der Waals surface area contributed by atoms with E-state index in [-0.39, 0.29) is 16.9 Å². The lowest BCUT2D eigenvalue weighted by Gasteiger charge is -2.11. The molecule has 1 amide bonds. The van der Waals surface area contributed by atoms with Gasteiger partial charge >= 0.3 is 5.69 Å². The van der Waals surface area contributed by atoms with E-state index < -0.39 is 11.2 Å². The number of benzene rings is 1. The summed E-state index contributed by atoms with van der Waals surface area (Å²) in [6, 6.07) is 7.21. The van der Waals surface area contributed by atoms with E-state index in [2.05, 4.69) is 10.3 Å². The highest BCUT2D eigenvalue weighted by atomic mass is 32.2. The maximum absolute atomic E-state index is 12.6.